The molecule has 0 saturated carbocycles. The van der Waals surface area contributed by atoms with E-state index in [2.05, 4.69) is 57.6 Å². The number of benzene rings is 1. The van der Waals surface area contributed by atoms with Crippen LogP contribution < -0.4 is 5.32 Å². The minimum Gasteiger partial charge on any atom is -0.356 e. The summed E-state index contributed by atoms with van der Waals surface area (Å²) < 4.78 is 1.86. The summed E-state index contributed by atoms with van der Waals surface area (Å²) >= 11 is 5.60. The maximum absolute atomic E-state index is 5.60. The molecule has 2 aromatic rings. The quantitative estimate of drug-likeness (QED) is 0.861. The summed E-state index contributed by atoms with van der Waals surface area (Å²) in [4.78, 5) is 4.73. The van der Waals surface area contributed by atoms with E-state index >= 15 is 0 Å². The van der Waals surface area contributed by atoms with Crippen molar-refractivity contribution < 1.29 is 0 Å². The van der Waals surface area contributed by atoms with Gasteiger partial charge in [-0.3, -0.25) is 9.58 Å². The molecule has 0 spiro atoms. The zero-order chi connectivity index (χ0) is 16.9. The van der Waals surface area contributed by atoms with Crippen molar-refractivity contribution in [1.82, 2.24) is 24.9 Å². The van der Waals surface area contributed by atoms with E-state index in [4.69, 9.17) is 12.2 Å². The molecule has 2 heterocycles. The average Bonchev–Trinajstić information content (AvgIpc) is 3.01. The van der Waals surface area contributed by atoms with E-state index in [1.165, 1.54) is 11.1 Å². The van der Waals surface area contributed by atoms with Crippen molar-refractivity contribution in [2.45, 2.75) is 19.5 Å². The molecular weight excluding hydrogens is 318 g/mol. The van der Waals surface area contributed by atoms with Gasteiger partial charge >= 0.3 is 0 Å². The fraction of sp³-hybridized carbons (Fsp3) is 0.444. The Balaban J connectivity index is 1.46. The minimum atomic E-state index is 0.229. The molecule has 6 heteroatoms. The number of nitrogens with zero attached hydrogens (tertiary/aromatic N) is 4. The molecular formula is C18H25N5S. The van der Waals surface area contributed by atoms with Crippen molar-refractivity contribution in [1.29, 1.82) is 0 Å². The van der Waals surface area contributed by atoms with Crippen LogP contribution in [-0.2, 0) is 13.6 Å². The van der Waals surface area contributed by atoms with Crippen LogP contribution in [-0.4, -0.2) is 50.9 Å². The Morgan fingerprint density at radius 2 is 1.92 bits per heavy atom. The number of hydrogen-bond acceptors (Lipinski definition) is 3. The van der Waals surface area contributed by atoms with Crippen molar-refractivity contribution >= 4 is 17.3 Å². The van der Waals surface area contributed by atoms with Crippen molar-refractivity contribution in [3.63, 3.8) is 0 Å². The predicted octanol–water partition coefficient (Wildman–Crippen LogP) is 2.17. The van der Waals surface area contributed by atoms with Crippen LogP contribution in [0.4, 0.5) is 0 Å². The van der Waals surface area contributed by atoms with E-state index in [0.717, 1.165) is 37.8 Å². The number of thiocarbonyl (C=S) groups is 1. The number of hydrogen-bond donors (Lipinski definition) is 1. The smallest absolute Gasteiger partial charge is 0.169 e. The van der Waals surface area contributed by atoms with Crippen molar-refractivity contribution in [2.24, 2.45) is 7.05 Å². The monoisotopic (exact) mass is 343 g/mol. The molecule has 128 valence electrons. The molecule has 1 aliphatic heterocycles. The number of nitrogens with one attached hydrogen (secondary N) is 1. The molecule has 0 radical (unpaired) electrons. The van der Waals surface area contributed by atoms with Gasteiger partial charge in [-0.1, -0.05) is 30.3 Å². The van der Waals surface area contributed by atoms with Gasteiger partial charge in [0.25, 0.3) is 0 Å². The lowest BCUT2D eigenvalue weighted by atomic mass is 10.1. The topological polar surface area (TPSA) is 36.3 Å². The highest BCUT2D eigenvalue weighted by Crippen LogP contribution is 2.13. The van der Waals surface area contributed by atoms with Gasteiger partial charge in [-0.25, -0.2) is 0 Å². The second kappa shape index (κ2) is 7.77. The average molecular weight is 344 g/mol. The summed E-state index contributed by atoms with van der Waals surface area (Å²) in [6.45, 7) is 7.09. The zero-order valence-corrected chi connectivity index (χ0v) is 15.2. The van der Waals surface area contributed by atoms with Gasteiger partial charge in [0, 0.05) is 51.5 Å². The van der Waals surface area contributed by atoms with Crippen molar-refractivity contribution in [3.8, 4) is 0 Å². The molecule has 1 fully saturated rings. The van der Waals surface area contributed by atoms with Crippen LogP contribution in [0, 0.1) is 0 Å². The minimum absolute atomic E-state index is 0.229. The third-order valence-electron chi connectivity index (χ3n) is 4.46. The molecule has 1 aliphatic rings. The molecule has 1 N–H and O–H groups in total. The van der Waals surface area contributed by atoms with Crippen LogP contribution in [0.3, 0.4) is 0 Å². The van der Waals surface area contributed by atoms with E-state index in [9.17, 15) is 0 Å². The zero-order valence-electron chi connectivity index (χ0n) is 14.4. The van der Waals surface area contributed by atoms with Gasteiger partial charge in [0.1, 0.15) is 0 Å². The third-order valence-corrected chi connectivity index (χ3v) is 4.84. The summed E-state index contributed by atoms with van der Waals surface area (Å²) in [6, 6.07) is 10.7. The lowest BCUT2D eigenvalue weighted by molar-refractivity contribution is 0.174. The highest BCUT2D eigenvalue weighted by atomic mass is 32.1. The highest BCUT2D eigenvalue weighted by molar-refractivity contribution is 7.80. The number of rotatable bonds is 4. The van der Waals surface area contributed by atoms with Gasteiger partial charge in [0.15, 0.2) is 5.11 Å². The van der Waals surface area contributed by atoms with E-state index in [0.29, 0.717) is 0 Å². The molecule has 3 rings (SSSR count). The largest absolute Gasteiger partial charge is 0.356 e. The predicted molar refractivity (Wildman–Crippen MR) is 101 cm³/mol. The third kappa shape index (κ3) is 4.33. The second-order valence-corrected chi connectivity index (χ2v) is 6.75. The Morgan fingerprint density at radius 3 is 2.54 bits per heavy atom. The molecule has 1 aromatic carbocycles. The highest BCUT2D eigenvalue weighted by Gasteiger charge is 2.20. The first kappa shape index (κ1) is 16.9. The van der Waals surface area contributed by atoms with E-state index in [-0.39, 0.29) is 6.04 Å². The first-order valence-corrected chi connectivity index (χ1v) is 8.83. The molecule has 1 saturated heterocycles. The molecule has 1 unspecified atom stereocenters. The van der Waals surface area contributed by atoms with Crippen LogP contribution in [0.25, 0.3) is 0 Å². The molecule has 24 heavy (non-hydrogen) atoms. The van der Waals surface area contributed by atoms with E-state index in [1.807, 2.05) is 24.0 Å². The molecule has 5 nitrogen and oxygen atoms in total. The fourth-order valence-corrected chi connectivity index (χ4v) is 3.38. The number of piperazine rings is 1. The van der Waals surface area contributed by atoms with Gasteiger partial charge < -0.3 is 10.2 Å². The van der Waals surface area contributed by atoms with Crippen LogP contribution >= 0.6 is 12.2 Å². The lowest BCUT2D eigenvalue weighted by Gasteiger charge is -2.36. The normalized spacial score (nSPS) is 16.8. The summed E-state index contributed by atoms with van der Waals surface area (Å²) in [5.74, 6) is 0. The van der Waals surface area contributed by atoms with Gasteiger partial charge in [0.2, 0.25) is 0 Å². The molecule has 0 bridgehead atoms. The summed E-state index contributed by atoms with van der Waals surface area (Å²) in [5.41, 5.74) is 2.53. The number of aryl methyl sites for hydroxylation is 1. The van der Waals surface area contributed by atoms with Crippen LogP contribution in [0.1, 0.15) is 24.1 Å². The van der Waals surface area contributed by atoms with Crippen LogP contribution in [0.5, 0.6) is 0 Å². The van der Waals surface area contributed by atoms with Gasteiger partial charge in [-0.2, -0.15) is 5.10 Å². The van der Waals surface area contributed by atoms with Gasteiger partial charge in [0.05, 0.1) is 12.2 Å². The Hall–Kier alpha value is -1.92. The SMILES string of the molecule is CC(NC(=S)N1CCN(Cc2cnn(C)c2)CC1)c1ccccc1. The Morgan fingerprint density at radius 1 is 1.21 bits per heavy atom. The van der Waals surface area contributed by atoms with Gasteiger partial charge in [-0.05, 0) is 24.7 Å². The van der Waals surface area contributed by atoms with Gasteiger partial charge in [-0.15, -0.1) is 0 Å². The number of aromatic nitrogens is 2. The maximum atomic E-state index is 5.60. The van der Waals surface area contributed by atoms with Crippen molar-refractivity contribution in [2.75, 3.05) is 26.2 Å². The molecule has 1 atom stereocenters. The van der Waals surface area contributed by atoms with E-state index < -0.39 is 0 Å². The van der Waals surface area contributed by atoms with Crippen molar-refractivity contribution in [3.05, 3.63) is 53.9 Å². The summed E-state index contributed by atoms with van der Waals surface area (Å²) in [7, 11) is 1.96. The summed E-state index contributed by atoms with van der Waals surface area (Å²) in [6.07, 6.45) is 4.03. The molecule has 0 amide bonds. The van der Waals surface area contributed by atoms with E-state index in [1.54, 1.807) is 0 Å². The first-order chi connectivity index (χ1) is 11.6. The van der Waals surface area contributed by atoms with Crippen LogP contribution in [0.15, 0.2) is 42.7 Å². The second-order valence-electron chi connectivity index (χ2n) is 6.37. The Bertz CT molecular complexity index is 661. The van der Waals surface area contributed by atoms with Crippen LogP contribution in [0.2, 0.25) is 0 Å². The Kier molecular flexibility index (Phi) is 5.48. The first-order valence-electron chi connectivity index (χ1n) is 8.42. The fourth-order valence-electron chi connectivity index (χ4n) is 3.02. The Labute approximate surface area is 149 Å². The maximum Gasteiger partial charge on any atom is 0.169 e. The lowest BCUT2D eigenvalue weighted by Crippen LogP contribution is -2.51. The standard InChI is InChI=1S/C18H25N5S/c1-15(17-6-4-3-5-7-17)20-18(24)23-10-8-22(9-11-23)14-16-12-19-21(2)13-16/h3-7,12-13,15H,8-11,14H2,1-2H3,(H,20,24). The summed E-state index contributed by atoms with van der Waals surface area (Å²) in [5, 5.41) is 8.55. The molecule has 1 aromatic heterocycles. The molecule has 0 aliphatic carbocycles.